The Bertz CT molecular complexity index is 1460. The third kappa shape index (κ3) is 13.6. The van der Waals surface area contributed by atoms with Crippen molar-refractivity contribution in [2.24, 2.45) is 0 Å². The monoisotopic (exact) mass is 868 g/mol. The molecule has 0 bridgehead atoms. The van der Waals surface area contributed by atoms with Crippen molar-refractivity contribution in [3.63, 3.8) is 0 Å². The summed E-state index contributed by atoms with van der Waals surface area (Å²) in [4.78, 5) is 0. The first-order chi connectivity index (χ1) is 26.9. The first-order valence-electron chi connectivity index (χ1n) is 20.5. The van der Waals surface area contributed by atoms with Gasteiger partial charge in [0.15, 0.2) is 0 Å². The van der Waals surface area contributed by atoms with Gasteiger partial charge in [-0.1, -0.05) is 24.3 Å². The van der Waals surface area contributed by atoms with Gasteiger partial charge < -0.3 is 0 Å². The maximum atomic E-state index is 12.2. The predicted molar refractivity (Wildman–Crippen MR) is 217 cm³/mol. The standard InChI is InChI=1S/C33H37O9.3C4H9.Sn/c34-29-27(21-37-18-23-10-4-1-5-11-23)41-33(31(36)30(29)35)42-32-26(40-20-25-14-8-3-9-15-25)16-17-39-28(32)22-38-19-24-12-6-2-7-13-24;3*1-3-4-2;/h1-17,26-34,36H,18-22H2;3*1,3-4H2,2H3;/q-1;;;;+1/t26-,27-,28-,29+,30+,31-,32+,33+;;;;/m1..../s1. The molecule has 10 heteroatoms. The Hall–Kier alpha value is -2.32. The van der Waals surface area contributed by atoms with Gasteiger partial charge in [0.2, 0.25) is 0 Å². The van der Waals surface area contributed by atoms with E-state index >= 15 is 0 Å². The van der Waals surface area contributed by atoms with Crippen LogP contribution < -0.4 is 0 Å². The molecule has 3 aromatic carbocycles. The summed E-state index contributed by atoms with van der Waals surface area (Å²) in [5.74, 6) is 0. The number of rotatable bonds is 24. The first-order valence-corrected chi connectivity index (χ1v) is 27.7. The molecule has 9 nitrogen and oxygen atoms in total. The van der Waals surface area contributed by atoms with Gasteiger partial charge in [-0.15, -0.1) is 0 Å². The number of hydrogen-bond acceptors (Lipinski definition) is 9. The van der Waals surface area contributed by atoms with Gasteiger partial charge in [0.1, 0.15) is 0 Å². The van der Waals surface area contributed by atoms with Crippen molar-refractivity contribution >= 4 is 18.8 Å². The second-order valence-electron chi connectivity index (χ2n) is 15.0. The number of ether oxygens (including phenoxy) is 6. The van der Waals surface area contributed by atoms with E-state index < -0.39 is 67.8 Å². The van der Waals surface area contributed by atoms with Crippen molar-refractivity contribution in [3.05, 3.63) is 120 Å². The van der Waals surface area contributed by atoms with E-state index in [0.29, 0.717) is 19.8 Å². The number of aliphatic hydroxyl groups is 2. The summed E-state index contributed by atoms with van der Waals surface area (Å²) >= 11 is -3.38. The SMILES string of the molecule is CCC[CH2][Sn]([CH2]CCC)([CH2]CCC)[O][C@H]1[C@@H](O)[C@@H](COCc2ccccc2)O[C@@H](O[C@H]2[C@H](OCc3ccccc3)C=CO[C@@H]2COCc2ccccc2)[C@@H]1O. The van der Waals surface area contributed by atoms with E-state index in [9.17, 15) is 10.2 Å². The van der Waals surface area contributed by atoms with Crippen LogP contribution in [0.25, 0.3) is 0 Å². The van der Waals surface area contributed by atoms with Crippen LogP contribution in [0.1, 0.15) is 76.0 Å². The number of unbranched alkanes of at least 4 members (excludes halogenated alkanes) is 3. The van der Waals surface area contributed by atoms with Gasteiger partial charge in [-0.2, -0.15) is 0 Å². The summed E-state index contributed by atoms with van der Waals surface area (Å²) in [5.41, 5.74) is 3.09. The van der Waals surface area contributed by atoms with Crippen molar-refractivity contribution in [3.8, 4) is 0 Å². The zero-order valence-electron chi connectivity index (χ0n) is 33.1. The van der Waals surface area contributed by atoms with Crippen LogP contribution in [-0.4, -0.2) is 91.2 Å². The van der Waals surface area contributed by atoms with E-state index in [1.807, 2.05) is 97.1 Å². The van der Waals surface area contributed by atoms with E-state index in [-0.39, 0.29) is 13.2 Å². The molecule has 2 aliphatic rings. The third-order valence-electron chi connectivity index (χ3n) is 10.6. The normalized spacial score (nSPS) is 25.5. The third-order valence-corrected chi connectivity index (χ3v) is 23.6. The number of benzene rings is 3. The molecule has 0 aliphatic carbocycles. The van der Waals surface area contributed by atoms with Crippen molar-refractivity contribution in [2.45, 2.75) is 141 Å². The Balaban J connectivity index is 1.41. The minimum absolute atomic E-state index is 0.0997. The Labute approximate surface area is 333 Å². The molecular formula is C45H64O9Sn. The molecule has 8 atom stereocenters. The maximum absolute atomic E-state index is 12.2. The molecule has 2 N–H and O–H groups in total. The van der Waals surface area contributed by atoms with Crippen LogP contribution >= 0.6 is 0 Å². The van der Waals surface area contributed by atoms with Gasteiger partial charge in [0, 0.05) is 0 Å². The summed E-state index contributed by atoms with van der Waals surface area (Å²) in [6.07, 6.45) is 2.94. The fraction of sp³-hybridized carbons (Fsp3) is 0.556. The molecule has 55 heavy (non-hydrogen) atoms. The fourth-order valence-corrected chi connectivity index (χ4v) is 21.5. The van der Waals surface area contributed by atoms with Crippen LogP contribution in [0.4, 0.5) is 0 Å². The average Bonchev–Trinajstić information content (AvgIpc) is 3.22. The number of hydrogen-bond donors (Lipinski definition) is 2. The molecule has 0 aromatic heterocycles. The van der Waals surface area contributed by atoms with Crippen molar-refractivity contribution < 1.29 is 41.7 Å². The molecule has 5 rings (SSSR count). The summed E-state index contributed by atoms with van der Waals surface area (Å²) in [6, 6.07) is 29.9. The molecular weight excluding hydrogens is 803 g/mol. The van der Waals surface area contributed by atoms with Crippen LogP contribution in [0.3, 0.4) is 0 Å². The Morgan fingerprint density at radius 1 is 0.600 bits per heavy atom. The average molecular weight is 868 g/mol. The van der Waals surface area contributed by atoms with Crippen LogP contribution in [0.2, 0.25) is 13.3 Å². The predicted octanol–water partition coefficient (Wildman–Crippen LogP) is 8.48. The molecule has 0 spiro atoms. The van der Waals surface area contributed by atoms with E-state index in [4.69, 9.17) is 31.5 Å². The minimum atomic E-state index is -3.38. The first kappa shape index (κ1) is 43.8. The van der Waals surface area contributed by atoms with Gasteiger partial charge in [-0.05, 0) is 0 Å². The second-order valence-corrected chi connectivity index (χ2v) is 26.7. The van der Waals surface area contributed by atoms with Gasteiger partial charge in [-0.3, -0.25) is 0 Å². The summed E-state index contributed by atoms with van der Waals surface area (Å²) in [7, 11) is 0. The van der Waals surface area contributed by atoms with Crippen molar-refractivity contribution in [1.29, 1.82) is 0 Å². The summed E-state index contributed by atoms with van der Waals surface area (Å²) in [6.45, 7) is 8.08. The molecule has 2 aliphatic heterocycles. The topological polar surface area (TPSA) is 105 Å². The molecule has 0 unspecified atom stereocenters. The molecule has 302 valence electrons. The molecule has 0 saturated carbocycles. The Kier molecular flexibility index (Phi) is 19.0. The van der Waals surface area contributed by atoms with Crippen LogP contribution in [0, 0.1) is 0 Å². The van der Waals surface area contributed by atoms with Crippen LogP contribution in [-0.2, 0) is 51.3 Å². The van der Waals surface area contributed by atoms with E-state index in [1.165, 1.54) is 0 Å². The van der Waals surface area contributed by atoms with Gasteiger partial charge in [-0.25, -0.2) is 0 Å². The van der Waals surface area contributed by atoms with Gasteiger partial charge in [0.25, 0.3) is 0 Å². The van der Waals surface area contributed by atoms with E-state index in [2.05, 4.69) is 20.8 Å². The van der Waals surface area contributed by atoms with E-state index in [0.717, 1.165) is 68.5 Å². The van der Waals surface area contributed by atoms with Crippen LogP contribution in [0.15, 0.2) is 103 Å². The van der Waals surface area contributed by atoms with Crippen LogP contribution in [0.5, 0.6) is 0 Å². The van der Waals surface area contributed by atoms with E-state index in [1.54, 1.807) is 6.26 Å². The molecule has 0 radical (unpaired) electrons. The number of aliphatic hydroxyl groups excluding tert-OH is 2. The second kappa shape index (κ2) is 23.8. The fourth-order valence-electron chi connectivity index (χ4n) is 7.36. The summed E-state index contributed by atoms with van der Waals surface area (Å²) in [5, 5.41) is 24.2. The molecule has 1 fully saturated rings. The Morgan fingerprint density at radius 2 is 1.09 bits per heavy atom. The molecule has 0 amide bonds. The van der Waals surface area contributed by atoms with Crippen molar-refractivity contribution in [2.75, 3.05) is 13.2 Å². The molecule has 3 aromatic rings. The Morgan fingerprint density at radius 3 is 1.60 bits per heavy atom. The quantitative estimate of drug-likeness (QED) is 0.0859. The van der Waals surface area contributed by atoms with Gasteiger partial charge in [0.05, 0.1) is 0 Å². The molecule has 2 heterocycles. The summed E-state index contributed by atoms with van der Waals surface area (Å²) < 4.78 is 48.7. The zero-order chi connectivity index (χ0) is 38.7. The zero-order valence-corrected chi connectivity index (χ0v) is 35.9. The van der Waals surface area contributed by atoms with Crippen molar-refractivity contribution in [1.82, 2.24) is 0 Å². The molecule has 1 saturated heterocycles. The van der Waals surface area contributed by atoms with Gasteiger partial charge >= 0.3 is 311 Å².